The first-order valence-corrected chi connectivity index (χ1v) is 9.53. The molecule has 2 aliphatic rings. The average Bonchev–Trinajstić information content (AvgIpc) is 3.29. The summed E-state index contributed by atoms with van der Waals surface area (Å²) >= 11 is 0. The predicted octanol–water partition coefficient (Wildman–Crippen LogP) is 2.85. The van der Waals surface area contributed by atoms with Gasteiger partial charge in [-0.3, -0.25) is 9.59 Å². The first-order chi connectivity index (χ1) is 13.0. The second-order valence-electron chi connectivity index (χ2n) is 7.78. The Morgan fingerprint density at radius 2 is 1.81 bits per heavy atom. The molecule has 4 atom stereocenters. The smallest absolute Gasteiger partial charge is 0.254 e. The summed E-state index contributed by atoms with van der Waals surface area (Å²) < 4.78 is 0. The minimum Gasteiger partial charge on any atom is -0.336 e. The Labute approximate surface area is 159 Å². The number of nitrogens with two attached hydrogens (primary N) is 1. The molecule has 2 aromatic rings. The summed E-state index contributed by atoms with van der Waals surface area (Å²) in [6, 6.07) is 17.2. The Hall–Kier alpha value is -2.66. The van der Waals surface area contributed by atoms with Gasteiger partial charge >= 0.3 is 0 Å². The van der Waals surface area contributed by atoms with E-state index >= 15 is 0 Å². The van der Waals surface area contributed by atoms with E-state index in [1.165, 1.54) is 5.56 Å². The van der Waals surface area contributed by atoms with Crippen molar-refractivity contribution < 1.29 is 9.59 Å². The van der Waals surface area contributed by atoms with Gasteiger partial charge in [-0.05, 0) is 36.1 Å². The molecule has 0 spiro atoms. The summed E-state index contributed by atoms with van der Waals surface area (Å²) in [7, 11) is 0. The number of likely N-dealkylation sites (tertiary alicyclic amines) is 1. The summed E-state index contributed by atoms with van der Waals surface area (Å²) in [6.07, 6.45) is 0.941. The fourth-order valence-electron chi connectivity index (χ4n) is 3.88. The number of amides is 2. The van der Waals surface area contributed by atoms with Crippen LogP contribution in [0.4, 0.5) is 5.69 Å². The number of rotatable bonds is 4. The molecule has 0 radical (unpaired) electrons. The van der Waals surface area contributed by atoms with Crippen LogP contribution in [0.1, 0.15) is 35.2 Å². The van der Waals surface area contributed by atoms with Gasteiger partial charge in [-0.1, -0.05) is 43.3 Å². The van der Waals surface area contributed by atoms with Crippen molar-refractivity contribution >= 4 is 17.5 Å². The first kappa shape index (κ1) is 17.7. The molecule has 2 fully saturated rings. The highest BCUT2D eigenvalue weighted by Gasteiger charge is 2.39. The number of hydrogen-bond acceptors (Lipinski definition) is 3. The van der Waals surface area contributed by atoms with Crippen LogP contribution in [-0.4, -0.2) is 35.8 Å². The van der Waals surface area contributed by atoms with Crippen molar-refractivity contribution in [1.82, 2.24) is 4.90 Å². The Morgan fingerprint density at radius 1 is 1.07 bits per heavy atom. The highest BCUT2D eigenvalue weighted by atomic mass is 16.2. The fraction of sp³-hybridized carbons (Fsp3) is 0.364. The summed E-state index contributed by atoms with van der Waals surface area (Å²) in [5, 5.41) is 2.93. The fourth-order valence-corrected chi connectivity index (χ4v) is 3.88. The first-order valence-electron chi connectivity index (χ1n) is 9.53. The van der Waals surface area contributed by atoms with E-state index in [1.807, 2.05) is 35.2 Å². The van der Waals surface area contributed by atoms with Crippen molar-refractivity contribution in [3.63, 3.8) is 0 Å². The van der Waals surface area contributed by atoms with Gasteiger partial charge in [-0.15, -0.1) is 0 Å². The molecule has 5 nitrogen and oxygen atoms in total. The monoisotopic (exact) mass is 363 g/mol. The lowest BCUT2D eigenvalue weighted by molar-refractivity contribution is -0.117. The van der Waals surface area contributed by atoms with E-state index in [-0.39, 0.29) is 29.7 Å². The van der Waals surface area contributed by atoms with Crippen molar-refractivity contribution in [2.45, 2.75) is 25.3 Å². The molecule has 2 amide bonds. The Bertz CT molecular complexity index is 852. The highest BCUT2D eigenvalue weighted by molar-refractivity contribution is 5.98. The van der Waals surface area contributed by atoms with E-state index in [9.17, 15) is 9.59 Å². The van der Waals surface area contributed by atoms with Crippen LogP contribution < -0.4 is 11.1 Å². The van der Waals surface area contributed by atoms with Crippen LogP contribution in [-0.2, 0) is 4.79 Å². The second kappa shape index (κ2) is 7.16. The maximum Gasteiger partial charge on any atom is 0.254 e. The molecule has 1 aliphatic heterocycles. The molecular formula is C22H25N3O2. The van der Waals surface area contributed by atoms with Crippen LogP contribution in [0.5, 0.6) is 0 Å². The molecule has 2 unspecified atom stereocenters. The van der Waals surface area contributed by atoms with Crippen LogP contribution in [0.15, 0.2) is 54.6 Å². The number of anilines is 1. The van der Waals surface area contributed by atoms with Crippen molar-refractivity contribution in [1.29, 1.82) is 0 Å². The molecule has 3 N–H and O–H groups in total. The van der Waals surface area contributed by atoms with E-state index in [2.05, 4.69) is 24.4 Å². The van der Waals surface area contributed by atoms with E-state index in [4.69, 9.17) is 5.73 Å². The van der Waals surface area contributed by atoms with Crippen LogP contribution >= 0.6 is 0 Å². The normalized spacial score (nSPS) is 26.7. The molecule has 1 saturated heterocycles. The van der Waals surface area contributed by atoms with Gasteiger partial charge in [0.2, 0.25) is 5.91 Å². The Morgan fingerprint density at radius 3 is 2.52 bits per heavy atom. The average molecular weight is 363 g/mol. The van der Waals surface area contributed by atoms with Crippen molar-refractivity contribution in [2.24, 2.45) is 17.6 Å². The maximum atomic E-state index is 13.0. The zero-order chi connectivity index (χ0) is 19.0. The van der Waals surface area contributed by atoms with Gasteiger partial charge in [-0.2, -0.15) is 0 Å². The lowest BCUT2D eigenvalue weighted by Crippen LogP contribution is -2.32. The Kier molecular flexibility index (Phi) is 4.70. The van der Waals surface area contributed by atoms with E-state index in [0.29, 0.717) is 30.3 Å². The molecule has 1 heterocycles. The minimum atomic E-state index is -0.0735. The van der Waals surface area contributed by atoms with E-state index in [0.717, 1.165) is 6.42 Å². The van der Waals surface area contributed by atoms with Gasteiger partial charge in [0.15, 0.2) is 0 Å². The molecule has 0 bridgehead atoms. The van der Waals surface area contributed by atoms with Crippen molar-refractivity contribution in [2.75, 3.05) is 18.4 Å². The van der Waals surface area contributed by atoms with Crippen LogP contribution in [0.3, 0.4) is 0 Å². The Balaban J connectivity index is 1.45. The molecule has 0 aromatic heterocycles. The van der Waals surface area contributed by atoms with Gasteiger partial charge in [0.05, 0.1) is 0 Å². The summed E-state index contributed by atoms with van der Waals surface area (Å²) in [5.41, 5.74) is 8.74. The van der Waals surface area contributed by atoms with Crippen LogP contribution in [0.25, 0.3) is 0 Å². The number of benzene rings is 2. The van der Waals surface area contributed by atoms with E-state index < -0.39 is 0 Å². The minimum absolute atomic E-state index is 0.0411. The summed E-state index contributed by atoms with van der Waals surface area (Å²) in [4.78, 5) is 26.9. The zero-order valence-electron chi connectivity index (χ0n) is 15.5. The lowest BCUT2D eigenvalue weighted by atomic mass is 9.95. The predicted molar refractivity (Wildman–Crippen MR) is 105 cm³/mol. The maximum absolute atomic E-state index is 13.0. The van der Waals surface area contributed by atoms with Gasteiger partial charge in [0, 0.05) is 42.2 Å². The molecule has 140 valence electrons. The van der Waals surface area contributed by atoms with Crippen LogP contribution in [0.2, 0.25) is 0 Å². The number of carbonyl (C=O) groups excluding carboxylic acids is 2. The lowest BCUT2D eigenvalue weighted by Gasteiger charge is -2.17. The number of hydrogen-bond donors (Lipinski definition) is 2. The van der Waals surface area contributed by atoms with E-state index in [1.54, 1.807) is 12.1 Å². The zero-order valence-corrected chi connectivity index (χ0v) is 15.5. The topological polar surface area (TPSA) is 75.4 Å². The summed E-state index contributed by atoms with van der Waals surface area (Å²) in [5.74, 6) is 0.706. The van der Waals surface area contributed by atoms with Crippen LogP contribution in [0, 0.1) is 11.8 Å². The molecule has 27 heavy (non-hydrogen) atoms. The van der Waals surface area contributed by atoms with Gasteiger partial charge in [0.25, 0.3) is 5.91 Å². The van der Waals surface area contributed by atoms with Crippen molar-refractivity contribution in [3.8, 4) is 0 Å². The third-order valence-electron chi connectivity index (χ3n) is 5.70. The molecule has 5 heteroatoms. The number of carbonyl (C=O) groups is 2. The molecule has 1 aliphatic carbocycles. The molecular weight excluding hydrogens is 338 g/mol. The largest absolute Gasteiger partial charge is 0.336 e. The standard InChI is InChI=1S/C22H25N3O2/c1-14-10-18(14)21(26)24-17-9-5-8-16(11-17)22(27)25-12-19(20(23)13-25)15-6-3-2-4-7-15/h2-9,11,14,18-20H,10,12-13,23H2,1H3,(H,24,26)/t14?,18?,19-,20+/m0/s1. The third-order valence-corrected chi connectivity index (χ3v) is 5.70. The highest BCUT2D eigenvalue weighted by Crippen LogP contribution is 2.38. The molecule has 1 saturated carbocycles. The summed E-state index contributed by atoms with van der Waals surface area (Å²) in [6.45, 7) is 3.22. The van der Waals surface area contributed by atoms with Gasteiger partial charge in [-0.25, -0.2) is 0 Å². The second-order valence-corrected chi connectivity index (χ2v) is 7.78. The number of nitrogens with zero attached hydrogens (tertiary/aromatic N) is 1. The third kappa shape index (κ3) is 3.74. The van der Waals surface area contributed by atoms with Crippen molar-refractivity contribution in [3.05, 3.63) is 65.7 Å². The molecule has 2 aromatic carbocycles. The number of nitrogens with one attached hydrogen (secondary N) is 1. The van der Waals surface area contributed by atoms with Gasteiger partial charge < -0.3 is 16.0 Å². The van der Waals surface area contributed by atoms with Gasteiger partial charge in [0.1, 0.15) is 0 Å². The SMILES string of the molecule is CC1CC1C(=O)Nc1cccc(C(=O)N2C[C@@H](N)[C@H](c3ccccc3)C2)c1. The molecule has 4 rings (SSSR count). The quantitative estimate of drug-likeness (QED) is 0.877.